The lowest BCUT2D eigenvalue weighted by atomic mass is 10.0. The fourth-order valence-corrected chi connectivity index (χ4v) is 4.59. The quantitative estimate of drug-likeness (QED) is 0.670. The molecule has 2 aliphatic rings. The van der Waals surface area contributed by atoms with Crippen molar-refractivity contribution in [3.05, 3.63) is 69.9 Å². The van der Waals surface area contributed by atoms with Gasteiger partial charge in [-0.05, 0) is 81.7 Å². The van der Waals surface area contributed by atoms with Crippen LogP contribution in [0.1, 0.15) is 29.5 Å². The molecule has 0 bridgehead atoms. The molecule has 0 atom stereocenters. The summed E-state index contributed by atoms with van der Waals surface area (Å²) in [6.07, 6.45) is 1.91. The number of halogens is 1. The predicted molar refractivity (Wildman–Crippen MR) is 125 cm³/mol. The fraction of sp³-hybridized carbons (Fsp3) is 0.360. The zero-order chi connectivity index (χ0) is 22.3. The number of benzene rings is 2. The number of likely N-dealkylation sites (tertiary alicyclic amines) is 1. The molecule has 2 amide bonds. The topological polar surface area (TPSA) is 43.9 Å². The van der Waals surface area contributed by atoms with Gasteiger partial charge >= 0.3 is 0 Å². The standard InChI is InChI=1S/C25H28ClN3O2/c1-16-5-6-17(2)21(15-16)29-24(30)22(18-7-9-19(26)10-8-18)23(25(29)31)28(4)20-11-13-27(3)14-12-20/h5-10,15,20H,11-14H2,1-4H3. The van der Waals surface area contributed by atoms with Crippen LogP contribution in [0.25, 0.3) is 5.57 Å². The molecule has 0 N–H and O–H groups in total. The van der Waals surface area contributed by atoms with E-state index in [0.717, 1.165) is 37.1 Å². The molecule has 0 aliphatic carbocycles. The Morgan fingerprint density at radius 2 is 1.61 bits per heavy atom. The van der Waals surface area contributed by atoms with Crippen LogP contribution < -0.4 is 4.90 Å². The van der Waals surface area contributed by atoms with Crippen molar-refractivity contribution in [3.8, 4) is 0 Å². The number of likely N-dealkylation sites (N-methyl/N-ethyl adjacent to an activating group) is 1. The molecule has 2 aromatic rings. The molecule has 0 unspecified atom stereocenters. The molecule has 4 rings (SSSR count). The lowest BCUT2D eigenvalue weighted by molar-refractivity contribution is -0.120. The molecule has 6 heteroatoms. The minimum Gasteiger partial charge on any atom is -0.366 e. The van der Waals surface area contributed by atoms with Crippen LogP contribution in [0.15, 0.2) is 48.2 Å². The van der Waals surface area contributed by atoms with E-state index in [9.17, 15) is 9.59 Å². The molecular formula is C25H28ClN3O2. The molecule has 1 saturated heterocycles. The van der Waals surface area contributed by atoms with Crippen LogP contribution in [-0.4, -0.2) is 54.8 Å². The highest BCUT2D eigenvalue weighted by atomic mass is 35.5. The second-order valence-corrected chi connectivity index (χ2v) is 9.05. The molecular weight excluding hydrogens is 410 g/mol. The maximum absolute atomic E-state index is 13.7. The zero-order valence-electron chi connectivity index (χ0n) is 18.5. The third-order valence-corrected chi connectivity index (χ3v) is 6.64. The van der Waals surface area contributed by atoms with Gasteiger partial charge in [0.1, 0.15) is 5.70 Å². The molecule has 2 aromatic carbocycles. The van der Waals surface area contributed by atoms with E-state index < -0.39 is 0 Å². The highest BCUT2D eigenvalue weighted by molar-refractivity contribution is 6.45. The van der Waals surface area contributed by atoms with E-state index >= 15 is 0 Å². The Morgan fingerprint density at radius 1 is 0.968 bits per heavy atom. The summed E-state index contributed by atoms with van der Waals surface area (Å²) in [5.41, 5.74) is 4.18. The number of rotatable bonds is 4. The summed E-state index contributed by atoms with van der Waals surface area (Å²) in [6, 6.07) is 13.2. The summed E-state index contributed by atoms with van der Waals surface area (Å²) in [7, 11) is 4.06. The maximum Gasteiger partial charge on any atom is 0.282 e. The normalized spacial score (nSPS) is 18.3. The van der Waals surface area contributed by atoms with Crippen molar-refractivity contribution in [1.29, 1.82) is 0 Å². The SMILES string of the molecule is Cc1ccc(C)c(N2C(=O)C(c3ccc(Cl)cc3)=C(N(C)C3CCN(C)CC3)C2=O)c1. The first-order valence-electron chi connectivity index (χ1n) is 10.7. The summed E-state index contributed by atoms with van der Waals surface area (Å²) in [5, 5.41) is 0.595. The van der Waals surface area contributed by atoms with Gasteiger partial charge in [-0.3, -0.25) is 9.59 Å². The Labute approximate surface area is 188 Å². The minimum absolute atomic E-state index is 0.212. The smallest absolute Gasteiger partial charge is 0.282 e. The summed E-state index contributed by atoms with van der Waals surface area (Å²) in [5.74, 6) is -0.541. The Hall–Kier alpha value is -2.63. The van der Waals surface area contributed by atoms with E-state index in [4.69, 9.17) is 11.6 Å². The summed E-state index contributed by atoms with van der Waals surface area (Å²) < 4.78 is 0. The van der Waals surface area contributed by atoms with E-state index in [1.165, 1.54) is 4.90 Å². The van der Waals surface area contributed by atoms with Gasteiger partial charge in [0.05, 0.1) is 11.3 Å². The third-order valence-electron chi connectivity index (χ3n) is 6.39. The van der Waals surface area contributed by atoms with Crippen LogP contribution in [0, 0.1) is 13.8 Å². The number of nitrogens with zero attached hydrogens (tertiary/aromatic N) is 3. The van der Waals surface area contributed by atoms with Gasteiger partial charge in [0, 0.05) is 18.1 Å². The van der Waals surface area contributed by atoms with Crippen molar-refractivity contribution < 1.29 is 9.59 Å². The van der Waals surface area contributed by atoms with Crippen molar-refractivity contribution in [3.63, 3.8) is 0 Å². The highest BCUT2D eigenvalue weighted by Crippen LogP contribution is 2.37. The fourth-order valence-electron chi connectivity index (χ4n) is 4.47. The van der Waals surface area contributed by atoms with Gasteiger partial charge in [0.2, 0.25) is 0 Å². The van der Waals surface area contributed by atoms with E-state index in [0.29, 0.717) is 27.5 Å². The number of amides is 2. The van der Waals surface area contributed by atoms with Gasteiger partial charge in [0.25, 0.3) is 11.8 Å². The van der Waals surface area contributed by atoms with E-state index in [1.807, 2.05) is 56.1 Å². The van der Waals surface area contributed by atoms with Crippen molar-refractivity contribution in [1.82, 2.24) is 9.80 Å². The van der Waals surface area contributed by atoms with Gasteiger partial charge in [-0.1, -0.05) is 35.9 Å². The molecule has 0 radical (unpaired) electrons. The average Bonchev–Trinajstić information content (AvgIpc) is 3.00. The second-order valence-electron chi connectivity index (χ2n) is 8.61. The Balaban J connectivity index is 1.81. The predicted octanol–water partition coefficient (Wildman–Crippen LogP) is 4.27. The molecule has 0 aromatic heterocycles. The number of piperidine rings is 1. The first kappa shape index (κ1) is 21.6. The van der Waals surface area contributed by atoms with Gasteiger partial charge in [0.15, 0.2) is 0 Å². The molecule has 162 valence electrons. The number of anilines is 1. The highest BCUT2D eigenvalue weighted by Gasteiger charge is 2.43. The van der Waals surface area contributed by atoms with Crippen LogP contribution >= 0.6 is 11.6 Å². The van der Waals surface area contributed by atoms with Crippen LogP contribution in [-0.2, 0) is 9.59 Å². The first-order valence-corrected chi connectivity index (χ1v) is 11.0. The molecule has 0 spiro atoms. The van der Waals surface area contributed by atoms with Crippen molar-refractivity contribution in [2.24, 2.45) is 0 Å². The summed E-state index contributed by atoms with van der Waals surface area (Å²) >= 11 is 6.09. The van der Waals surface area contributed by atoms with Gasteiger partial charge < -0.3 is 9.80 Å². The molecule has 2 heterocycles. The number of carbonyl (C=O) groups excluding carboxylic acids is 2. The molecule has 31 heavy (non-hydrogen) atoms. The van der Waals surface area contributed by atoms with Crippen LogP contribution in [0.5, 0.6) is 0 Å². The van der Waals surface area contributed by atoms with Crippen molar-refractivity contribution in [2.75, 3.05) is 32.1 Å². The molecule has 5 nitrogen and oxygen atoms in total. The van der Waals surface area contributed by atoms with Crippen molar-refractivity contribution in [2.45, 2.75) is 32.7 Å². The molecule has 0 saturated carbocycles. The average molecular weight is 438 g/mol. The third kappa shape index (κ3) is 4.00. The summed E-state index contributed by atoms with van der Waals surface area (Å²) in [6.45, 7) is 5.84. The zero-order valence-corrected chi connectivity index (χ0v) is 19.2. The van der Waals surface area contributed by atoms with Gasteiger partial charge in [-0.25, -0.2) is 4.90 Å². The molecule has 2 aliphatic heterocycles. The molecule has 1 fully saturated rings. The number of carbonyl (C=O) groups is 2. The van der Waals surface area contributed by atoms with Gasteiger partial charge in [-0.15, -0.1) is 0 Å². The number of hydrogen-bond donors (Lipinski definition) is 0. The first-order chi connectivity index (χ1) is 14.8. The van der Waals surface area contributed by atoms with Crippen LogP contribution in [0.3, 0.4) is 0 Å². The minimum atomic E-state index is -0.282. The Morgan fingerprint density at radius 3 is 2.26 bits per heavy atom. The van der Waals surface area contributed by atoms with Gasteiger partial charge in [-0.2, -0.15) is 0 Å². The number of aryl methyl sites for hydroxylation is 2. The van der Waals surface area contributed by atoms with Crippen LogP contribution in [0.4, 0.5) is 5.69 Å². The number of hydrogen-bond acceptors (Lipinski definition) is 4. The Kier molecular flexibility index (Phi) is 5.91. The lowest BCUT2D eigenvalue weighted by Gasteiger charge is -2.36. The monoisotopic (exact) mass is 437 g/mol. The number of imide groups is 1. The van der Waals surface area contributed by atoms with Crippen LogP contribution in [0.2, 0.25) is 5.02 Å². The largest absolute Gasteiger partial charge is 0.366 e. The Bertz CT molecular complexity index is 1050. The van der Waals surface area contributed by atoms with Crippen molar-refractivity contribution >= 4 is 34.7 Å². The van der Waals surface area contributed by atoms with E-state index in [-0.39, 0.29) is 17.9 Å². The maximum atomic E-state index is 13.7. The second kappa shape index (κ2) is 8.48. The van der Waals surface area contributed by atoms with E-state index in [1.54, 1.807) is 12.1 Å². The summed E-state index contributed by atoms with van der Waals surface area (Å²) in [4.78, 5) is 33.1. The van der Waals surface area contributed by atoms with E-state index in [2.05, 4.69) is 11.9 Å². The lowest BCUT2D eigenvalue weighted by Crippen LogP contribution is -2.43.